The zero-order valence-electron chi connectivity index (χ0n) is 8.29. The summed E-state index contributed by atoms with van der Waals surface area (Å²) in [4.78, 5) is 22.8. The lowest BCUT2D eigenvalue weighted by Crippen LogP contribution is -2.20. The first-order valence-electron chi connectivity index (χ1n) is 4.77. The van der Waals surface area contributed by atoms with E-state index in [9.17, 15) is 18.4 Å². The Morgan fingerprint density at radius 2 is 1.71 bits per heavy atom. The van der Waals surface area contributed by atoms with Gasteiger partial charge in [0, 0.05) is 10.8 Å². The van der Waals surface area contributed by atoms with Gasteiger partial charge in [-0.2, -0.15) is 0 Å². The first-order chi connectivity index (χ1) is 8.09. The summed E-state index contributed by atoms with van der Waals surface area (Å²) >= 11 is 0. The standard InChI is InChI=1S/C12H4F2O3/c13-8-4-7-9-5(10(8)14)2-1-3-6(9)11(15)17-12(7)16/h1-4H. The van der Waals surface area contributed by atoms with Gasteiger partial charge in [-0.3, -0.25) is 0 Å². The van der Waals surface area contributed by atoms with Crippen molar-refractivity contribution in [3.8, 4) is 0 Å². The summed E-state index contributed by atoms with van der Waals surface area (Å²) in [5.74, 6) is -4.03. The highest BCUT2D eigenvalue weighted by atomic mass is 19.2. The van der Waals surface area contributed by atoms with E-state index >= 15 is 0 Å². The molecule has 0 radical (unpaired) electrons. The topological polar surface area (TPSA) is 43.4 Å². The number of ether oxygens (including phenoxy) is 1. The van der Waals surface area contributed by atoms with Crippen LogP contribution in [0.4, 0.5) is 8.78 Å². The smallest absolute Gasteiger partial charge is 0.346 e. The molecule has 0 amide bonds. The zero-order valence-corrected chi connectivity index (χ0v) is 8.29. The van der Waals surface area contributed by atoms with Crippen LogP contribution in [0.25, 0.3) is 10.8 Å². The average molecular weight is 234 g/mol. The van der Waals surface area contributed by atoms with Crippen LogP contribution in [0.1, 0.15) is 20.7 Å². The summed E-state index contributed by atoms with van der Waals surface area (Å²) < 4.78 is 31.2. The summed E-state index contributed by atoms with van der Waals surface area (Å²) in [7, 11) is 0. The highest BCUT2D eigenvalue weighted by Crippen LogP contribution is 2.31. The number of benzene rings is 2. The largest absolute Gasteiger partial charge is 0.386 e. The van der Waals surface area contributed by atoms with E-state index in [2.05, 4.69) is 4.74 Å². The summed E-state index contributed by atoms with van der Waals surface area (Å²) in [6.45, 7) is 0. The minimum atomic E-state index is -1.14. The van der Waals surface area contributed by atoms with Gasteiger partial charge in [-0.15, -0.1) is 0 Å². The minimum Gasteiger partial charge on any atom is -0.386 e. The molecule has 2 aromatic rings. The predicted molar refractivity (Wildman–Crippen MR) is 53.6 cm³/mol. The number of rotatable bonds is 0. The van der Waals surface area contributed by atoms with Gasteiger partial charge in [0.1, 0.15) is 0 Å². The fraction of sp³-hybridized carbons (Fsp3) is 0. The minimum absolute atomic E-state index is 0.0657. The summed E-state index contributed by atoms with van der Waals surface area (Å²) in [6, 6.07) is 4.86. The Hall–Kier alpha value is -2.30. The maximum atomic E-state index is 13.5. The summed E-state index contributed by atoms with van der Waals surface area (Å²) in [6.07, 6.45) is 0. The van der Waals surface area contributed by atoms with E-state index in [-0.39, 0.29) is 21.9 Å². The number of halogens is 2. The molecule has 0 fully saturated rings. The van der Waals surface area contributed by atoms with Crippen LogP contribution in [-0.2, 0) is 4.74 Å². The van der Waals surface area contributed by atoms with Crippen molar-refractivity contribution in [1.82, 2.24) is 0 Å². The molecule has 0 aliphatic carbocycles. The number of esters is 2. The van der Waals surface area contributed by atoms with Gasteiger partial charge in [-0.05, 0) is 12.1 Å². The molecule has 0 atom stereocenters. The van der Waals surface area contributed by atoms with Crippen molar-refractivity contribution < 1.29 is 23.1 Å². The lowest BCUT2D eigenvalue weighted by atomic mass is 9.97. The van der Waals surface area contributed by atoms with Crippen LogP contribution < -0.4 is 0 Å². The molecular weight excluding hydrogens is 230 g/mol. The molecule has 5 heteroatoms. The first kappa shape index (κ1) is 9.89. The molecule has 0 aromatic heterocycles. The lowest BCUT2D eigenvalue weighted by molar-refractivity contribution is 0.0390. The van der Waals surface area contributed by atoms with Crippen LogP contribution >= 0.6 is 0 Å². The molecule has 1 aliphatic heterocycles. The van der Waals surface area contributed by atoms with E-state index in [0.717, 1.165) is 6.07 Å². The third kappa shape index (κ3) is 1.19. The van der Waals surface area contributed by atoms with E-state index in [1.54, 1.807) is 0 Å². The molecular formula is C12H4F2O3. The Balaban J connectivity index is 2.59. The van der Waals surface area contributed by atoms with Gasteiger partial charge in [-0.1, -0.05) is 12.1 Å². The normalized spacial score (nSPS) is 14.0. The van der Waals surface area contributed by atoms with Crippen molar-refractivity contribution in [3.05, 3.63) is 47.0 Å². The van der Waals surface area contributed by atoms with Crippen LogP contribution in [0.3, 0.4) is 0 Å². The third-order valence-electron chi connectivity index (χ3n) is 2.68. The van der Waals surface area contributed by atoms with Crippen molar-refractivity contribution in [2.45, 2.75) is 0 Å². The highest BCUT2D eigenvalue weighted by molar-refractivity contribution is 6.20. The van der Waals surface area contributed by atoms with Crippen molar-refractivity contribution >= 4 is 22.7 Å². The fourth-order valence-electron chi connectivity index (χ4n) is 1.94. The van der Waals surface area contributed by atoms with Gasteiger partial charge in [0.15, 0.2) is 11.6 Å². The third-order valence-corrected chi connectivity index (χ3v) is 2.68. The van der Waals surface area contributed by atoms with Gasteiger partial charge in [0.25, 0.3) is 0 Å². The van der Waals surface area contributed by atoms with Crippen LogP contribution in [0.5, 0.6) is 0 Å². The zero-order chi connectivity index (χ0) is 12.2. The molecule has 0 saturated carbocycles. The first-order valence-corrected chi connectivity index (χ1v) is 4.77. The van der Waals surface area contributed by atoms with Crippen molar-refractivity contribution in [2.24, 2.45) is 0 Å². The number of cyclic esters (lactones) is 2. The molecule has 3 rings (SSSR count). The summed E-state index contributed by atoms with van der Waals surface area (Å²) in [5, 5.41) is 0.00940. The number of hydrogen-bond acceptors (Lipinski definition) is 3. The number of hydrogen-bond donors (Lipinski definition) is 0. The van der Waals surface area contributed by atoms with Crippen LogP contribution in [0.15, 0.2) is 24.3 Å². The Morgan fingerprint density at radius 3 is 2.47 bits per heavy atom. The molecule has 17 heavy (non-hydrogen) atoms. The molecule has 0 bridgehead atoms. The molecule has 3 nitrogen and oxygen atoms in total. The second kappa shape index (κ2) is 3.10. The second-order valence-electron chi connectivity index (χ2n) is 3.63. The van der Waals surface area contributed by atoms with E-state index in [1.807, 2.05) is 0 Å². The van der Waals surface area contributed by atoms with Crippen LogP contribution in [0, 0.1) is 11.6 Å². The lowest BCUT2D eigenvalue weighted by Gasteiger charge is -2.15. The van der Waals surface area contributed by atoms with E-state index in [0.29, 0.717) is 0 Å². The Labute approximate surface area is 93.6 Å². The van der Waals surface area contributed by atoms with Gasteiger partial charge in [0.05, 0.1) is 11.1 Å². The maximum Gasteiger partial charge on any atom is 0.346 e. The fourth-order valence-corrected chi connectivity index (χ4v) is 1.94. The van der Waals surface area contributed by atoms with Crippen molar-refractivity contribution in [3.63, 3.8) is 0 Å². The molecule has 2 aromatic carbocycles. The van der Waals surface area contributed by atoms with Crippen molar-refractivity contribution in [2.75, 3.05) is 0 Å². The maximum absolute atomic E-state index is 13.5. The highest BCUT2D eigenvalue weighted by Gasteiger charge is 2.29. The van der Waals surface area contributed by atoms with Gasteiger partial charge in [0.2, 0.25) is 0 Å². The van der Waals surface area contributed by atoms with Crippen LogP contribution in [0.2, 0.25) is 0 Å². The Bertz CT molecular complexity index is 692. The second-order valence-corrected chi connectivity index (χ2v) is 3.63. The quantitative estimate of drug-likeness (QED) is 0.519. The Morgan fingerprint density at radius 1 is 1.00 bits per heavy atom. The number of carbonyl (C=O) groups is 2. The van der Waals surface area contributed by atoms with E-state index in [1.165, 1.54) is 18.2 Å². The molecule has 1 heterocycles. The van der Waals surface area contributed by atoms with E-state index in [4.69, 9.17) is 0 Å². The SMILES string of the molecule is O=C1OC(=O)c2cc(F)c(F)c3cccc1c23. The average Bonchev–Trinajstić information content (AvgIpc) is 2.31. The molecule has 0 unspecified atom stereocenters. The summed E-state index contributed by atoms with van der Waals surface area (Å²) in [5.41, 5.74) is -0.0647. The van der Waals surface area contributed by atoms with Crippen LogP contribution in [-0.4, -0.2) is 11.9 Å². The molecule has 0 saturated heterocycles. The monoisotopic (exact) mass is 234 g/mol. The Kier molecular flexibility index (Phi) is 1.80. The number of carbonyl (C=O) groups excluding carboxylic acids is 2. The molecule has 84 valence electrons. The van der Waals surface area contributed by atoms with Gasteiger partial charge < -0.3 is 4.74 Å². The van der Waals surface area contributed by atoms with Gasteiger partial charge >= 0.3 is 11.9 Å². The molecule has 0 spiro atoms. The van der Waals surface area contributed by atoms with E-state index < -0.39 is 23.6 Å². The molecule has 1 aliphatic rings. The van der Waals surface area contributed by atoms with Gasteiger partial charge in [-0.25, -0.2) is 18.4 Å². The van der Waals surface area contributed by atoms with Crippen molar-refractivity contribution in [1.29, 1.82) is 0 Å². The predicted octanol–water partition coefficient (Wildman–Crippen LogP) is 2.43. The molecule has 0 N–H and O–H groups in total.